The highest BCUT2D eigenvalue weighted by atomic mass is 16.5. The van der Waals surface area contributed by atoms with Gasteiger partial charge in [-0.1, -0.05) is 66.7 Å². The fourth-order valence-corrected chi connectivity index (χ4v) is 3.69. The van der Waals surface area contributed by atoms with Gasteiger partial charge < -0.3 is 4.74 Å². The molecule has 0 spiro atoms. The maximum atomic E-state index is 5.57. The van der Waals surface area contributed by atoms with Crippen LogP contribution in [0.2, 0.25) is 0 Å². The summed E-state index contributed by atoms with van der Waals surface area (Å²) in [6, 6.07) is 28.3. The summed E-state index contributed by atoms with van der Waals surface area (Å²) in [7, 11) is 1.77. The van der Waals surface area contributed by atoms with Crippen molar-refractivity contribution < 1.29 is 4.74 Å². The monoisotopic (exact) mass is 330 g/mol. The number of benzene rings is 2. The predicted molar refractivity (Wildman–Crippen MR) is 99.1 cm³/mol. The van der Waals surface area contributed by atoms with Crippen molar-refractivity contribution in [3.8, 4) is 0 Å². The fourth-order valence-electron chi connectivity index (χ4n) is 3.69. The van der Waals surface area contributed by atoms with Crippen LogP contribution in [0.1, 0.15) is 34.9 Å². The van der Waals surface area contributed by atoms with Crippen molar-refractivity contribution >= 4 is 0 Å². The number of nitrogens with zero attached hydrogens (tertiary/aromatic N) is 2. The summed E-state index contributed by atoms with van der Waals surface area (Å²) >= 11 is 0. The van der Waals surface area contributed by atoms with Crippen LogP contribution < -0.4 is 0 Å². The lowest BCUT2D eigenvalue weighted by atomic mass is 10.1. The highest BCUT2D eigenvalue weighted by Crippen LogP contribution is 2.58. The van der Waals surface area contributed by atoms with E-state index in [0.29, 0.717) is 12.6 Å². The van der Waals surface area contributed by atoms with Gasteiger partial charge in [-0.05, 0) is 23.3 Å². The molecule has 1 aliphatic rings. The van der Waals surface area contributed by atoms with Gasteiger partial charge in [0.05, 0.1) is 30.4 Å². The molecule has 3 aromatic rings. The van der Waals surface area contributed by atoms with Gasteiger partial charge >= 0.3 is 0 Å². The molecule has 1 aliphatic heterocycles. The molecule has 0 amide bonds. The smallest absolute Gasteiger partial charge is 0.0732 e. The molecule has 1 unspecified atom stereocenters. The van der Waals surface area contributed by atoms with E-state index in [1.54, 1.807) is 7.11 Å². The topological polar surface area (TPSA) is 25.1 Å². The Labute approximate surface area is 148 Å². The number of hydrogen-bond donors (Lipinski definition) is 0. The summed E-state index contributed by atoms with van der Waals surface area (Å²) < 4.78 is 5.57. The maximum absolute atomic E-state index is 5.57. The Morgan fingerprint density at radius 1 is 0.880 bits per heavy atom. The molecule has 1 fully saturated rings. The van der Waals surface area contributed by atoms with Crippen LogP contribution in [-0.4, -0.2) is 23.6 Å². The normalized spacial score (nSPS) is 23.2. The van der Waals surface area contributed by atoms with Gasteiger partial charge in [0.2, 0.25) is 0 Å². The second-order valence-electron chi connectivity index (χ2n) is 6.38. The number of aromatic nitrogens is 1. The van der Waals surface area contributed by atoms with Crippen LogP contribution in [0.15, 0.2) is 85.1 Å². The molecule has 0 bridgehead atoms. The van der Waals surface area contributed by atoms with E-state index < -0.39 is 0 Å². The lowest BCUT2D eigenvalue weighted by molar-refractivity contribution is 0.135. The van der Waals surface area contributed by atoms with Gasteiger partial charge in [-0.2, -0.15) is 0 Å². The molecule has 4 rings (SSSR count). The zero-order valence-electron chi connectivity index (χ0n) is 14.3. The average Bonchev–Trinajstić information content (AvgIpc) is 3.43. The quantitative estimate of drug-likeness (QED) is 0.619. The molecule has 126 valence electrons. The molecule has 1 saturated heterocycles. The zero-order chi connectivity index (χ0) is 17.1. The summed E-state index contributed by atoms with van der Waals surface area (Å²) in [5, 5.41) is 0. The summed E-state index contributed by atoms with van der Waals surface area (Å²) in [4.78, 5) is 7.13. The standard InChI is InChI=1S/C22H22N2O/c1-25-16-20(17-10-4-2-5-11-17)24-21(18-12-6-3-7-13-18)22(24)19-14-8-9-15-23-19/h2-15,20-22H,16H2,1H3/t20-,21-,22+,24?/m0/s1. The van der Waals surface area contributed by atoms with Crippen LogP contribution in [0, 0.1) is 0 Å². The van der Waals surface area contributed by atoms with Crippen molar-refractivity contribution in [2.24, 2.45) is 0 Å². The minimum Gasteiger partial charge on any atom is -0.383 e. The van der Waals surface area contributed by atoms with Crippen molar-refractivity contribution in [3.63, 3.8) is 0 Å². The Bertz CT molecular complexity index is 747. The number of rotatable bonds is 6. The number of hydrogen-bond acceptors (Lipinski definition) is 3. The minimum absolute atomic E-state index is 0.211. The molecule has 3 nitrogen and oxygen atoms in total. The fraction of sp³-hybridized carbons (Fsp3) is 0.227. The molecule has 2 heterocycles. The average molecular weight is 330 g/mol. The van der Waals surface area contributed by atoms with Crippen molar-refractivity contribution in [3.05, 3.63) is 102 Å². The van der Waals surface area contributed by atoms with Gasteiger partial charge in [0.25, 0.3) is 0 Å². The number of pyridine rings is 1. The van der Waals surface area contributed by atoms with Crippen molar-refractivity contribution in [1.82, 2.24) is 9.88 Å². The van der Waals surface area contributed by atoms with Crippen LogP contribution in [-0.2, 0) is 4.74 Å². The Morgan fingerprint density at radius 2 is 1.56 bits per heavy atom. The molecule has 0 N–H and O–H groups in total. The molecule has 0 saturated carbocycles. The van der Waals surface area contributed by atoms with Gasteiger partial charge in [0.1, 0.15) is 0 Å². The van der Waals surface area contributed by atoms with E-state index in [-0.39, 0.29) is 12.1 Å². The highest BCUT2D eigenvalue weighted by Gasteiger charge is 2.53. The van der Waals surface area contributed by atoms with Crippen LogP contribution in [0.25, 0.3) is 0 Å². The highest BCUT2D eigenvalue weighted by molar-refractivity contribution is 5.34. The van der Waals surface area contributed by atoms with Crippen LogP contribution in [0.3, 0.4) is 0 Å². The van der Waals surface area contributed by atoms with E-state index in [1.807, 2.05) is 12.3 Å². The third-order valence-electron chi connectivity index (χ3n) is 4.85. The second-order valence-corrected chi connectivity index (χ2v) is 6.38. The van der Waals surface area contributed by atoms with Gasteiger partial charge in [-0.25, -0.2) is 0 Å². The number of methoxy groups -OCH3 is 1. The van der Waals surface area contributed by atoms with E-state index in [0.717, 1.165) is 5.69 Å². The molecule has 0 radical (unpaired) electrons. The lowest BCUT2D eigenvalue weighted by Crippen LogP contribution is -2.17. The molecule has 1 aromatic heterocycles. The second kappa shape index (κ2) is 7.18. The lowest BCUT2D eigenvalue weighted by Gasteiger charge is -2.20. The van der Waals surface area contributed by atoms with Gasteiger partial charge in [-0.15, -0.1) is 0 Å². The van der Waals surface area contributed by atoms with Gasteiger partial charge in [-0.3, -0.25) is 9.88 Å². The van der Waals surface area contributed by atoms with Crippen molar-refractivity contribution in [1.29, 1.82) is 0 Å². The van der Waals surface area contributed by atoms with Crippen LogP contribution in [0.5, 0.6) is 0 Å². The summed E-state index contributed by atoms with van der Waals surface area (Å²) in [5.41, 5.74) is 3.73. The molecular formula is C22H22N2O. The van der Waals surface area contributed by atoms with Crippen molar-refractivity contribution in [2.45, 2.75) is 18.1 Å². The zero-order valence-corrected chi connectivity index (χ0v) is 14.3. The SMILES string of the molecule is COC[C@@H](c1ccccc1)N1[C@H](c2ccccn2)[C@@H]1c1ccccc1. The first kappa shape index (κ1) is 16.0. The van der Waals surface area contributed by atoms with E-state index in [2.05, 4.69) is 82.7 Å². The Hall–Kier alpha value is -2.49. The van der Waals surface area contributed by atoms with E-state index in [1.165, 1.54) is 11.1 Å². The van der Waals surface area contributed by atoms with Crippen LogP contribution in [0.4, 0.5) is 0 Å². The van der Waals surface area contributed by atoms with E-state index >= 15 is 0 Å². The summed E-state index contributed by atoms with van der Waals surface area (Å²) in [5.74, 6) is 0. The maximum Gasteiger partial charge on any atom is 0.0732 e. The summed E-state index contributed by atoms with van der Waals surface area (Å²) in [6.45, 7) is 0.663. The molecule has 2 aromatic carbocycles. The van der Waals surface area contributed by atoms with Gasteiger partial charge in [0.15, 0.2) is 0 Å². The largest absolute Gasteiger partial charge is 0.383 e. The first-order chi connectivity index (χ1) is 12.4. The van der Waals surface area contributed by atoms with Gasteiger partial charge in [0, 0.05) is 13.3 Å². The van der Waals surface area contributed by atoms with E-state index in [4.69, 9.17) is 4.74 Å². The third-order valence-corrected chi connectivity index (χ3v) is 4.85. The first-order valence-corrected chi connectivity index (χ1v) is 8.67. The van der Waals surface area contributed by atoms with E-state index in [9.17, 15) is 0 Å². The molecular weight excluding hydrogens is 308 g/mol. The molecule has 3 heteroatoms. The Balaban J connectivity index is 1.72. The third kappa shape index (κ3) is 3.21. The van der Waals surface area contributed by atoms with Crippen LogP contribution >= 0.6 is 0 Å². The summed E-state index contributed by atoms with van der Waals surface area (Å²) in [6.07, 6.45) is 1.88. The first-order valence-electron chi connectivity index (χ1n) is 8.67. The Kier molecular flexibility index (Phi) is 4.59. The Morgan fingerprint density at radius 3 is 2.20 bits per heavy atom. The minimum atomic E-state index is 0.211. The number of ether oxygens (including phenoxy) is 1. The van der Waals surface area contributed by atoms with Crippen molar-refractivity contribution in [2.75, 3.05) is 13.7 Å². The molecule has 0 aliphatic carbocycles. The molecule has 4 atom stereocenters. The predicted octanol–water partition coefficient (Wildman–Crippen LogP) is 4.57. The molecule has 25 heavy (non-hydrogen) atoms.